The summed E-state index contributed by atoms with van der Waals surface area (Å²) < 4.78 is 10.9. The van der Waals surface area contributed by atoms with Crippen molar-refractivity contribution in [2.75, 3.05) is 7.11 Å². The fourth-order valence-corrected chi connectivity index (χ4v) is 3.14. The van der Waals surface area contributed by atoms with Gasteiger partial charge in [-0.3, -0.25) is 4.79 Å². The molecule has 1 aliphatic carbocycles. The van der Waals surface area contributed by atoms with Crippen LogP contribution in [0.3, 0.4) is 0 Å². The maximum atomic E-state index is 12.1. The van der Waals surface area contributed by atoms with Gasteiger partial charge < -0.3 is 9.47 Å². The lowest BCUT2D eigenvalue weighted by Crippen LogP contribution is -2.28. The van der Waals surface area contributed by atoms with Crippen molar-refractivity contribution < 1.29 is 14.3 Å². The highest BCUT2D eigenvalue weighted by molar-refractivity contribution is 5.72. The summed E-state index contributed by atoms with van der Waals surface area (Å²) in [6, 6.07) is 0. The fraction of sp³-hybridized carbons (Fsp3) is 0.941. The van der Waals surface area contributed by atoms with E-state index in [2.05, 4.69) is 20.8 Å². The molecule has 0 radical (unpaired) electrons. The van der Waals surface area contributed by atoms with Gasteiger partial charge in [0.15, 0.2) is 0 Å². The van der Waals surface area contributed by atoms with E-state index in [9.17, 15) is 4.79 Å². The molecule has 3 nitrogen and oxygen atoms in total. The molecule has 0 bridgehead atoms. The minimum absolute atomic E-state index is 0.0704. The normalized spacial score (nSPS) is 20.4. The minimum atomic E-state index is -0.368. The predicted octanol–water partition coefficient (Wildman–Crippen LogP) is 4.54. The van der Waals surface area contributed by atoms with Gasteiger partial charge in [0.1, 0.15) is 0 Å². The first-order chi connectivity index (χ1) is 9.31. The van der Waals surface area contributed by atoms with Crippen LogP contribution < -0.4 is 0 Å². The molecule has 2 unspecified atom stereocenters. The first-order valence-corrected chi connectivity index (χ1v) is 8.05. The number of hydrogen-bond donors (Lipinski definition) is 0. The molecule has 0 heterocycles. The summed E-state index contributed by atoms with van der Waals surface area (Å²) in [6.07, 6.45) is 7.76. The van der Waals surface area contributed by atoms with E-state index in [1.54, 1.807) is 7.11 Å². The lowest BCUT2D eigenvalue weighted by Gasteiger charge is -2.27. The second-order valence-corrected chi connectivity index (χ2v) is 7.51. The summed E-state index contributed by atoms with van der Waals surface area (Å²) >= 11 is 0. The van der Waals surface area contributed by atoms with Crippen LogP contribution >= 0.6 is 0 Å². The number of ether oxygens (including phenoxy) is 2. The van der Waals surface area contributed by atoms with Crippen LogP contribution in [0.1, 0.15) is 72.6 Å². The number of hydrogen-bond acceptors (Lipinski definition) is 3. The van der Waals surface area contributed by atoms with E-state index < -0.39 is 0 Å². The summed E-state index contributed by atoms with van der Waals surface area (Å²) in [6.45, 7) is 8.38. The topological polar surface area (TPSA) is 35.5 Å². The molecule has 0 aromatic carbocycles. The van der Waals surface area contributed by atoms with Crippen LogP contribution in [0.4, 0.5) is 0 Å². The zero-order chi connectivity index (χ0) is 15.2. The minimum Gasteiger partial charge on any atom is -0.436 e. The molecule has 0 N–H and O–H groups in total. The third kappa shape index (κ3) is 6.74. The van der Waals surface area contributed by atoms with Crippen LogP contribution in [-0.2, 0) is 14.3 Å². The van der Waals surface area contributed by atoms with Gasteiger partial charge in [-0.25, -0.2) is 0 Å². The average Bonchev–Trinajstić information content (AvgIpc) is 2.37. The molecule has 3 heteroatoms. The second kappa shape index (κ2) is 8.02. The largest absolute Gasteiger partial charge is 0.436 e. The highest BCUT2D eigenvalue weighted by Gasteiger charge is 2.26. The highest BCUT2D eigenvalue weighted by Crippen LogP contribution is 2.29. The van der Waals surface area contributed by atoms with Crippen molar-refractivity contribution in [1.29, 1.82) is 0 Å². The summed E-state index contributed by atoms with van der Waals surface area (Å²) in [7, 11) is 1.63. The molecule has 2 atom stereocenters. The zero-order valence-electron chi connectivity index (χ0n) is 13.9. The molecule has 1 fully saturated rings. The van der Waals surface area contributed by atoms with Crippen molar-refractivity contribution in [2.24, 2.45) is 17.3 Å². The van der Waals surface area contributed by atoms with Gasteiger partial charge in [0.25, 0.3) is 0 Å². The number of rotatable bonds is 6. The lowest BCUT2D eigenvalue weighted by atomic mass is 9.85. The first kappa shape index (κ1) is 17.5. The van der Waals surface area contributed by atoms with Crippen LogP contribution in [0.2, 0.25) is 0 Å². The Morgan fingerprint density at radius 3 is 2.30 bits per heavy atom. The monoisotopic (exact) mass is 284 g/mol. The van der Waals surface area contributed by atoms with Crippen LogP contribution in [0, 0.1) is 17.3 Å². The molecule has 0 aromatic heterocycles. The number of methoxy groups -OCH3 is 1. The van der Waals surface area contributed by atoms with Gasteiger partial charge in [0.2, 0.25) is 6.29 Å². The highest BCUT2D eigenvalue weighted by atomic mass is 16.7. The van der Waals surface area contributed by atoms with Gasteiger partial charge in [0, 0.05) is 13.5 Å². The Morgan fingerprint density at radius 1 is 1.20 bits per heavy atom. The molecule has 0 aromatic rings. The van der Waals surface area contributed by atoms with Crippen molar-refractivity contribution in [1.82, 2.24) is 0 Å². The SMILES string of the molecule is COC(CC1CCCCC1)OC(=O)C(C)CC(C)(C)C. The van der Waals surface area contributed by atoms with E-state index in [4.69, 9.17) is 9.47 Å². The molecule has 1 rings (SSSR count). The molecule has 0 amide bonds. The molecule has 1 saturated carbocycles. The standard InChI is InChI=1S/C17H32O3/c1-13(12-17(2,3)4)16(18)20-15(19-5)11-14-9-7-6-8-10-14/h13-15H,6-12H2,1-5H3. The van der Waals surface area contributed by atoms with E-state index >= 15 is 0 Å². The van der Waals surface area contributed by atoms with Gasteiger partial charge in [-0.2, -0.15) is 0 Å². The molecule has 0 spiro atoms. The van der Waals surface area contributed by atoms with E-state index in [-0.39, 0.29) is 23.6 Å². The summed E-state index contributed by atoms with van der Waals surface area (Å²) in [5, 5.41) is 0. The van der Waals surface area contributed by atoms with Gasteiger partial charge in [-0.1, -0.05) is 59.8 Å². The molecular formula is C17H32O3. The first-order valence-electron chi connectivity index (χ1n) is 8.05. The van der Waals surface area contributed by atoms with Crippen LogP contribution in [-0.4, -0.2) is 19.4 Å². The Kier molecular flexibility index (Phi) is 7.01. The van der Waals surface area contributed by atoms with Crippen molar-refractivity contribution in [3.63, 3.8) is 0 Å². The zero-order valence-corrected chi connectivity index (χ0v) is 13.9. The van der Waals surface area contributed by atoms with E-state index in [1.165, 1.54) is 32.1 Å². The lowest BCUT2D eigenvalue weighted by molar-refractivity contribution is -0.182. The summed E-state index contributed by atoms with van der Waals surface area (Å²) in [4.78, 5) is 12.1. The van der Waals surface area contributed by atoms with E-state index in [0.717, 1.165) is 12.8 Å². The van der Waals surface area contributed by atoms with Gasteiger partial charge >= 0.3 is 5.97 Å². The van der Waals surface area contributed by atoms with Crippen molar-refractivity contribution >= 4 is 5.97 Å². The van der Waals surface area contributed by atoms with Crippen LogP contribution in [0.5, 0.6) is 0 Å². The quantitative estimate of drug-likeness (QED) is 0.530. The Hall–Kier alpha value is -0.570. The third-order valence-corrected chi connectivity index (χ3v) is 4.08. The molecule has 20 heavy (non-hydrogen) atoms. The van der Waals surface area contributed by atoms with E-state index in [0.29, 0.717) is 5.92 Å². The smallest absolute Gasteiger partial charge is 0.310 e. The van der Waals surface area contributed by atoms with Crippen molar-refractivity contribution in [3.8, 4) is 0 Å². The molecule has 0 aliphatic heterocycles. The Bertz CT molecular complexity index is 287. The van der Waals surface area contributed by atoms with Crippen LogP contribution in [0.25, 0.3) is 0 Å². The average molecular weight is 284 g/mol. The Labute approximate surface area is 124 Å². The maximum absolute atomic E-state index is 12.1. The molecular weight excluding hydrogens is 252 g/mol. The van der Waals surface area contributed by atoms with E-state index in [1.807, 2.05) is 6.92 Å². The Balaban J connectivity index is 2.40. The summed E-state index contributed by atoms with van der Waals surface area (Å²) in [5.74, 6) is 0.459. The summed E-state index contributed by atoms with van der Waals surface area (Å²) in [5.41, 5.74) is 0.143. The Morgan fingerprint density at radius 2 is 1.80 bits per heavy atom. The van der Waals surface area contributed by atoms with Gasteiger partial charge in [0.05, 0.1) is 5.92 Å². The fourth-order valence-electron chi connectivity index (χ4n) is 3.14. The van der Waals surface area contributed by atoms with Crippen LogP contribution in [0.15, 0.2) is 0 Å². The van der Waals surface area contributed by atoms with Gasteiger partial charge in [-0.05, 0) is 17.8 Å². The molecule has 0 saturated heterocycles. The number of carbonyl (C=O) groups is 1. The predicted molar refractivity (Wildman–Crippen MR) is 81.3 cm³/mol. The molecule has 118 valence electrons. The van der Waals surface area contributed by atoms with Crippen molar-refractivity contribution in [3.05, 3.63) is 0 Å². The molecule has 1 aliphatic rings. The third-order valence-electron chi connectivity index (χ3n) is 4.08. The second-order valence-electron chi connectivity index (χ2n) is 7.51. The number of esters is 1. The van der Waals surface area contributed by atoms with Crippen molar-refractivity contribution in [2.45, 2.75) is 78.9 Å². The number of carbonyl (C=O) groups excluding carboxylic acids is 1. The van der Waals surface area contributed by atoms with Gasteiger partial charge in [-0.15, -0.1) is 0 Å². The maximum Gasteiger partial charge on any atom is 0.310 e.